The molecular formula is C41H39N3O5. The number of aliphatic hydroxyl groups is 1. The minimum atomic E-state index is -1.69. The number of rotatable bonds is 12. The maximum atomic E-state index is 15.3. The smallest absolute Gasteiger partial charge is 0.329 e. The quantitative estimate of drug-likeness (QED) is 0.165. The Morgan fingerprint density at radius 2 is 1.00 bits per heavy atom. The van der Waals surface area contributed by atoms with Gasteiger partial charge in [0.1, 0.15) is 11.6 Å². The highest BCUT2D eigenvalue weighted by atomic mass is 16.4. The summed E-state index contributed by atoms with van der Waals surface area (Å²) in [4.78, 5) is 47.0. The largest absolute Gasteiger partial charge is 0.480 e. The van der Waals surface area contributed by atoms with E-state index in [9.17, 15) is 19.8 Å². The molecule has 3 unspecified atom stereocenters. The zero-order valence-electron chi connectivity index (χ0n) is 27.2. The molecule has 1 heterocycles. The minimum absolute atomic E-state index is 0.0118. The van der Waals surface area contributed by atoms with Crippen LogP contribution in [0.4, 0.5) is 4.79 Å². The maximum absolute atomic E-state index is 15.3. The molecule has 0 aliphatic carbocycles. The molecule has 0 spiro atoms. The van der Waals surface area contributed by atoms with Crippen molar-refractivity contribution >= 4 is 17.9 Å². The van der Waals surface area contributed by atoms with E-state index in [2.05, 4.69) is 0 Å². The lowest BCUT2D eigenvalue weighted by molar-refractivity contribution is -0.152. The van der Waals surface area contributed by atoms with E-state index in [-0.39, 0.29) is 19.6 Å². The first-order valence-electron chi connectivity index (χ1n) is 16.3. The fourth-order valence-electron chi connectivity index (χ4n) is 6.79. The van der Waals surface area contributed by atoms with Gasteiger partial charge in [0.15, 0.2) is 6.04 Å². The topological polar surface area (TPSA) is 101 Å². The van der Waals surface area contributed by atoms with Crippen molar-refractivity contribution in [3.8, 4) is 0 Å². The molecule has 5 aromatic carbocycles. The Balaban J connectivity index is 1.49. The number of amides is 3. The van der Waals surface area contributed by atoms with Gasteiger partial charge in [0.2, 0.25) is 5.91 Å². The second-order valence-corrected chi connectivity index (χ2v) is 12.4. The summed E-state index contributed by atoms with van der Waals surface area (Å²) in [5.41, 5.74) is 1.74. The molecule has 0 saturated carbocycles. The highest BCUT2D eigenvalue weighted by Crippen LogP contribution is 2.38. The molecule has 2 N–H and O–H groups in total. The Morgan fingerprint density at radius 1 is 0.633 bits per heavy atom. The van der Waals surface area contributed by atoms with Crippen molar-refractivity contribution in [2.45, 2.75) is 50.3 Å². The average molecular weight is 654 g/mol. The van der Waals surface area contributed by atoms with Crippen molar-refractivity contribution in [2.24, 2.45) is 0 Å². The Hall–Kier alpha value is -5.73. The lowest BCUT2D eigenvalue weighted by atomic mass is 9.79. The molecule has 1 fully saturated rings. The van der Waals surface area contributed by atoms with E-state index in [1.165, 1.54) is 14.7 Å². The number of aliphatic carboxylic acids is 1. The third kappa shape index (κ3) is 6.82. The van der Waals surface area contributed by atoms with Gasteiger partial charge in [0.25, 0.3) is 0 Å². The van der Waals surface area contributed by atoms with Crippen LogP contribution in [0.3, 0.4) is 0 Å². The molecular weight excluding hydrogens is 614 g/mol. The summed E-state index contributed by atoms with van der Waals surface area (Å²) in [7, 11) is 0. The summed E-state index contributed by atoms with van der Waals surface area (Å²) >= 11 is 0. The number of carboxylic acids is 1. The number of hydrogen-bond acceptors (Lipinski definition) is 4. The molecule has 0 bridgehead atoms. The first-order valence-corrected chi connectivity index (χ1v) is 16.3. The summed E-state index contributed by atoms with van der Waals surface area (Å²) < 4.78 is 0. The Bertz CT molecular complexity index is 1820. The van der Waals surface area contributed by atoms with Gasteiger partial charge in [0.05, 0.1) is 6.04 Å². The van der Waals surface area contributed by atoms with Crippen molar-refractivity contribution in [3.05, 3.63) is 179 Å². The van der Waals surface area contributed by atoms with Gasteiger partial charge in [-0.05, 0) is 34.7 Å². The minimum Gasteiger partial charge on any atom is -0.480 e. The summed E-state index contributed by atoms with van der Waals surface area (Å²) in [6, 6.07) is 41.7. The first-order chi connectivity index (χ1) is 23.8. The Kier molecular flexibility index (Phi) is 9.87. The predicted molar refractivity (Wildman–Crippen MR) is 187 cm³/mol. The first kappa shape index (κ1) is 33.2. The molecule has 1 aliphatic heterocycles. The molecule has 6 rings (SSSR count). The molecule has 3 atom stereocenters. The number of carbonyl (C=O) groups excluding carboxylic acids is 2. The number of hydrogen-bond donors (Lipinski definition) is 2. The fraction of sp³-hybridized carbons (Fsp3) is 0.195. The Morgan fingerprint density at radius 3 is 1.41 bits per heavy atom. The van der Waals surface area contributed by atoms with E-state index in [1.54, 1.807) is 6.92 Å². The molecule has 3 amide bonds. The average Bonchev–Trinajstić information content (AvgIpc) is 3.41. The summed E-state index contributed by atoms with van der Waals surface area (Å²) in [6.45, 7) is 1.88. The third-order valence-corrected chi connectivity index (χ3v) is 9.34. The van der Waals surface area contributed by atoms with Gasteiger partial charge in [-0.1, -0.05) is 152 Å². The highest BCUT2D eigenvalue weighted by Gasteiger charge is 2.55. The summed E-state index contributed by atoms with van der Waals surface area (Å²) in [5.74, 6) is -1.86. The highest BCUT2D eigenvalue weighted by molar-refractivity contribution is 5.98. The summed E-state index contributed by atoms with van der Waals surface area (Å²) in [5, 5.41) is 23.6. The van der Waals surface area contributed by atoms with Gasteiger partial charge >= 0.3 is 12.0 Å². The van der Waals surface area contributed by atoms with Crippen LogP contribution >= 0.6 is 0 Å². The second-order valence-electron chi connectivity index (χ2n) is 12.4. The number of carbonyl (C=O) groups is 3. The zero-order valence-corrected chi connectivity index (χ0v) is 27.2. The van der Waals surface area contributed by atoms with Crippen LogP contribution in [-0.2, 0) is 34.8 Å². The van der Waals surface area contributed by atoms with Crippen LogP contribution in [0.1, 0.15) is 34.7 Å². The van der Waals surface area contributed by atoms with E-state index in [1.807, 2.05) is 152 Å². The fourth-order valence-corrected chi connectivity index (χ4v) is 6.79. The van der Waals surface area contributed by atoms with Crippen LogP contribution in [0.5, 0.6) is 0 Å². The van der Waals surface area contributed by atoms with Gasteiger partial charge in [-0.3, -0.25) is 4.79 Å². The predicted octanol–water partition coefficient (Wildman–Crippen LogP) is 6.30. The standard InChI is InChI=1S/C41H39N3O5/c1-30(41(49,34-23-13-5-14-24-34)35-25-15-6-16-26-35)42(27-31-17-7-2-8-18-31)38(45)36-37(39(46)47)44(29-33-21-11-4-12-22-33)40(48)43(36)28-32-19-9-3-10-20-32/h2-26,30,36-37,49H,27-29H2,1H3,(H,46,47). The number of benzene rings is 5. The lowest BCUT2D eigenvalue weighted by Crippen LogP contribution is -2.59. The van der Waals surface area contributed by atoms with Crippen molar-refractivity contribution in [3.63, 3.8) is 0 Å². The van der Waals surface area contributed by atoms with Crippen molar-refractivity contribution < 1.29 is 24.6 Å². The molecule has 8 heteroatoms. The SMILES string of the molecule is CC(N(Cc1ccccc1)C(=O)C1C(C(=O)O)N(Cc2ccccc2)C(=O)N1Cc1ccccc1)C(O)(c1ccccc1)c1ccccc1. The van der Waals surface area contributed by atoms with E-state index < -0.39 is 41.6 Å². The molecule has 1 aliphatic rings. The van der Waals surface area contributed by atoms with Gasteiger partial charge < -0.3 is 24.9 Å². The van der Waals surface area contributed by atoms with Crippen LogP contribution in [0.15, 0.2) is 152 Å². The van der Waals surface area contributed by atoms with E-state index >= 15 is 4.79 Å². The van der Waals surface area contributed by atoms with Crippen LogP contribution in [0.2, 0.25) is 0 Å². The monoisotopic (exact) mass is 653 g/mol. The number of nitrogens with zero attached hydrogens (tertiary/aromatic N) is 3. The molecule has 0 radical (unpaired) electrons. The molecule has 0 aromatic heterocycles. The van der Waals surface area contributed by atoms with Gasteiger partial charge in [-0.15, -0.1) is 0 Å². The van der Waals surface area contributed by atoms with Gasteiger partial charge in [-0.2, -0.15) is 0 Å². The van der Waals surface area contributed by atoms with E-state index in [4.69, 9.17) is 0 Å². The van der Waals surface area contributed by atoms with Gasteiger partial charge in [-0.25, -0.2) is 9.59 Å². The normalized spacial score (nSPS) is 16.7. The Labute approximate surface area is 286 Å². The molecule has 5 aromatic rings. The molecule has 49 heavy (non-hydrogen) atoms. The maximum Gasteiger partial charge on any atom is 0.329 e. The molecule has 8 nitrogen and oxygen atoms in total. The molecule has 1 saturated heterocycles. The van der Waals surface area contributed by atoms with Gasteiger partial charge in [0, 0.05) is 19.6 Å². The van der Waals surface area contributed by atoms with E-state index in [0.29, 0.717) is 11.1 Å². The van der Waals surface area contributed by atoms with Crippen LogP contribution in [-0.4, -0.2) is 60.9 Å². The zero-order chi connectivity index (χ0) is 34.4. The van der Waals surface area contributed by atoms with Crippen LogP contribution in [0, 0.1) is 0 Å². The van der Waals surface area contributed by atoms with Crippen molar-refractivity contribution in [2.75, 3.05) is 0 Å². The lowest BCUT2D eigenvalue weighted by Gasteiger charge is -2.43. The second kappa shape index (κ2) is 14.6. The van der Waals surface area contributed by atoms with Crippen molar-refractivity contribution in [1.29, 1.82) is 0 Å². The van der Waals surface area contributed by atoms with Crippen molar-refractivity contribution in [1.82, 2.24) is 14.7 Å². The molecule has 248 valence electrons. The van der Waals surface area contributed by atoms with Crippen LogP contribution in [0.25, 0.3) is 0 Å². The third-order valence-electron chi connectivity index (χ3n) is 9.34. The number of carboxylic acid groups (broad SMARTS) is 1. The van der Waals surface area contributed by atoms with Crippen LogP contribution < -0.4 is 0 Å². The number of urea groups is 1. The van der Waals surface area contributed by atoms with E-state index in [0.717, 1.165) is 16.7 Å². The summed E-state index contributed by atoms with van der Waals surface area (Å²) in [6.07, 6.45) is 0.